The lowest BCUT2D eigenvalue weighted by atomic mass is 10.2. The number of para-hydroxylation sites is 1. The van der Waals surface area contributed by atoms with Crippen LogP contribution in [-0.4, -0.2) is 27.8 Å². The van der Waals surface area contributed by atoms with E-state index in [4.69, 9.17) is 16.9 Å². The Labute approximate surface area is 164 Å². The maximum atomic E-state index is 13.0. The summed E-state index contributed by atoms with van der Waals surface area (Å²) in [6.07, 6.45) is 0.248. The second-order valence-electron chi connectivity index (χ2n) is 5.58. The third kappa shape index (κ3) is 4.48. The van der Waals surface area contributed by atoms with Gasteiger partial charge < -0.3 is 5.32 Å². The van der Waals surface area contributed by atoms with Crippen molar-refractivity contribution in [3.8, 4) is 11.8 Å². The van der Waals surface area contributed by atoms with E-state index >= 15 is 0 Å². The first-order valence-electron chi connectivity index (χ1n) is 8.14. The molecule has 3 rings (SSSR count). The number of benzene rings is 2. The summed E-state index contributed by atoms with van der Waals surface area (Å²) in [5.41, 5.74) is 0.918. The Morgan fingerprint density at radius 1 is 1.26 bits per heavy atom. The number of nitrogens with zero attached hydrogens (tertiary/aromatic N) is 3. The molecule has 0 radical (unpaired) electrons. The predicted molar refractivity (Wildman–Crippen MR) is 106 cm³/mol. The number of amides is 1. The lowest BCUT2D eigenvalue weighted by Crippen LogP contribution is -2.27. The van der Waals surface area contributed by atoms with Crippen molar-refractivity contribution in [3.05, 3.63) is 63.9 Å². The highest BCUT2D eigenvalue weighted by Crippen LogP contribution is 2.22. The number of carbonyl (C=O) groups excluding carboxylic acids is 1. The van der Waals surface area contributed by atoms with Crippen molar-refractivity contribution in [2.75, 3.05) is 12.3 Å². The summed E-state index contributed by atoms with van der Waals surface area (Å²) in [5, 5.41) is 12.6. The lowest BCUT2D eigenvalue weighted by molar-refractivity contribution is -0.118. The molecule has 0 aliphatic rings. The largest absolute Gasteiger partial charge is 0.354 e. The van der Waals surface area contributed by atoms with Gasteiger partial charge in [0.25, 0.3) is 5.56 Å². The van der Waals surface area contributed by atoms with Crippen LogP contribution in [0.5, 0.6) is 0 Å². The smallest absolute Gasteiger partial charge is 0.266 e. The molecule has 1 amide bonds. The standard InChI is InChI=1S/C19H15ClN4O2S/c20-13-5-3-6-14(11-13)24-18(26)15-7-1-2-8-16(15)23-19(24)27-12-17(25)22-10-4-9-21/h1-3,5-8,11H,4,10,12H2,(H,22,25). The summed E-state index contributed by atoms with van der Waals surface area (Å²) < 4.78 is 1.46. The Morgan fingerprint density at radius 3 is 2.85 bits per heavy atom. The number of aromatic nitrogens is 2. The molecule has 8 heteroatoms. The minimum atomic E-state index is -0.227. The highest BCUT2D eigenvalue weighted by atomic mass is 35.5. The minimum Gasteiger partial charge on any atom is -0.354 e. The molecule has 1 aromatic heterocycles. The van der Waals surface area contributed by atoms with E-state index in [1.165, 1.54) is 4.57 Å². The van der Waals surface area contributed by atoms with E-state index in [0.29, 0.717) is 33.3 Å². The van der Waals surface area contributed by atoms with Crippen LogP contribution in [-0.2, 0) is 4.79 Å². The van der Waals surface area contributed by atoms with Gasteiger partial charge in [0, 0.05) is 11.6 Å². The molecule has 27 heavy (non-hydrogen) atoms. The van der Waals surface area contributed by atoms with E-state index in [0.717, 1.165) is 11.8 Å². The zero-order valence-corrected chi connectivity index (χ0v) is 15.8. The van der Waals surface area contributed by atoms with Gasteiger partial charge in [0.05, 0.1) is 34.8 Å². The Hall–Kier alpha value is -2.82. The van der Waals surface area contributed by atoms with Crippen LogP contribution in [0.25, 0.3) is 16.6 Å². The first-order chi connectivity index (χ1) is 13.1. The molecule has 0 fully saturated rings. The van der Waals surface area contributed by atoms with Gasteiger partial charge in [-0.2, -0.15) is 5.26 Å². The number of nitrogens with one attached hydrogen (secondary N) is 1. The SMILES string of the molecule is N#CCCNC(=O)CSc1nc2ccccc2c(=O)n1-c1cccc(Cl)c1. The molecule has 1 N–H and O–H groups in total. The average molecular weight is 399 g/mol. The van der Waals surface area contributed by atoms with Crippen molar-refractivity contribution in [2.45, 2.75) is 11.6 Å². The number of halogens is 1. The molecule has 136 valence electrons. The zero-order valence-electron chi connectivity index (χ0n) is 14.2. The highest BCUT2D eigenvalue weighted by molar-refractivity contribution is 7.99. The van der Waals surface area contributed by atoms with Crippen molar-refractivity contribution in [1.82, 2.24) is 14.9 Å². The van der Waals surface area contributed by atoms with Gasteiger partial charge in [0.1, 0.15) is 0 Å². The summed E-state index contributed by atoms with van der Waals surface area (Å²) in [7, 11) is 0. The van der Waals surface area contributed by atoms with E-state index in [2.05, 4.69) is 10.3 Å². The van der Waals surface area contributed by atoms with Gasteiger partial charge in [-0.3, -0.25) is 14.2 Å². The van der Waals surface area contributed by atoms with Gasteiger partial charge >= 0.3 is 0 Å². The predicted octanol–water partition coefficient (Wildman–Crippen LogP) is 3.16. The number of fused-ring (bicyclic) bond motifs is 1. The average Bonchev–Trinajstić information content (AvgIpc) is 2.66. The normalized spacial score (nSPS) is 10.5. The Kier molecular flexibility index (Phi) is 6.12. The molecule has 1 heterocycles. The molecule has 0 spiro atoms. The van der Waals surface area contributed by atoms with E-state index < -0.39 is 0 Å². The van der Waals surface area contributed by atoms with Crippen molar-refractivity contribution >= 4 is 40.2 Å². The quantitative estimate of drug-likeness (QED) is 0.391. The van der Waals surface area contributed by atoms with Crippen LogP contribution in [0.3, 0.4) is 0 Å². The topological polar surface area (TPSA) is 87.8 Å². The second-order valence-corrected chi connectivity index (χ2v) is 6.96. The fraction of sp³-hybridized carbons (Fsp3) is 0.158. The number of nitriles is 1. The van der Waals surface area contributed by atoms with E-state index in [-0.39, 0.29) is 23.6 Å². The van der Waals surface area contributed by atoms with Crippen LogP contribution in [0.4, 0.5) is 0 Å². The number of rotatable bonds is 6. The maximum Gasteiger partial charge on any atom is 0.266 e. The molecule has 0 bridgehead atoms. The van der Waals surface area contributed by atoms with E-state index in [9.17, 15) is 9.59 Å². The molecule has 6 nitrogen and oxygen atoms in total. The van der Waals surface area contributed by atoms with Gasteiger partial charge in [-0.15, -0.1) is 0 Å². The van der Waals surface area contributed by atoms with Gasteiger partial charge in [0.15, 0.2) is 5.16 Å². The first kappa shape index (κ1) is 19.0. The fourth-order valence-electron chi connectivity index (χ4n) is 2.49. The van der Waals surface area contributed by atoms with Gasteiger partial charge in [0.2, 0.25) is 5.91 Å². The molecule has 3 aromatic rings. The molecular weight excluding hydrogens is 384 g/mol. The Morgan fingerprint density at radius 2 is 2.07 bits per heavy atom. The third-order valence-corrected chi connectivity index (χ3v) is 4.88. The second kappa shape index (κ2) is 8.71. The number of carbonyl (C=O) groups is 1. The molecule has 0 saturated carbocycles. The molecule has 0 atom stereocenters. The molecule has 2 aromatic carbocycles. The highest BCUT2D eigenvalue weighted by Gasteiger charge is 2.15. The number of hydrogen-bond acceptors (Lipinski definition) is 5. The van der Waals surface area contributed by atoms with Crippen molar-refractivity contribution in [3.63, 3.8) is 0 Å². The van der Waals surface area contributed by atoms with Crippen LogP contribution in [0, 0.1) is 11.3 Å². The van der Waals surface area contributed by atoms with Gasteiger partial charge in [-0.25, -0.2) is 4.98 Å². The minimum absolute atomic E-state index is 0.0801. The first-order valence-corrected chi connectivity index (χ1v) is 9.50. The summed E-state index contributed by atoms with van der Waals surface area (Å²) in [6.45, 7) is 0.294. The Balaban J connectivity index is 2.00. The van der Waals surface area contributed by atoms with Crippen molar-refractivity contribution in [2.24, 2.45) is 0 Å². The molecule has 0 saturated heterocycles. The van der Waals surface area contributed by atoms with Crippen LogP contribution in [0.1, 0.15) is 6.42 Å². The lowest BCUT2D eigenvalue weighted by Gasteiger charge is -2.13. The van der Waals surface area contributed by atoms with Gasteiger partial charge in [-0.1, -0.05) is 41.6 Å². The summed E-state index contributed by atoms with van der Waals surface area (Å²) in [6, 6.07) is 15.9. The van der Waals surface area contributed by atoms with Gasteiger partial charge in [-0.05, 0) is 30.3 Å². The zero-order chi connectivity index (χ0) is 19.2. The number of hydrogen-bond donors (Lipinski definition) is 1. The summed E-state index contributed by atoms with van der Waals surface area (Å²) in [4.78, 5) is 29.6. The van der Waals surface area contributed by atoms with Crippen LogP contribution >= 0.6 is 23.4 Å². The fourth-order valence-corrected chi connectivity index (χ4v) is 3.52. The monoisotopic (exact) mass is 398 g/mol. The molecule has 0 aliphatic carbocycles. The van der Waals surface area contributed by atoms with Crippen LogP contribution < -0.4 is 10.9 Å². The number of thioether (sulfide) groups is 1. The van der Waals surface area contributed by atoms with Crippen LogP contribution in [0.15, 0.2) is 58.5 Å². The van der Waals surface area contributed by atoms with Crippen molar-refractivity contribution < 1.29 is 4.79 Å². The van der Waals surface area contributed by atoms with Crippen molar-refractivity contribution in [1.29, 1.82) is 5.26 Å². The molecule has 0 aliphatic heterocycles. The van der Waals surface area contributed by atoms with Crippen LogP contribution in [0.2, 0.25) is 5.02 Å². The third-order valence-electron chi connectivity index (χ3n) is 3.70. The summed E-state index contributed by atoms with van der Waals surface area (Å²) in [5.74, 6) is -0.146. The van der Waals surface area contributed by atoms with E-state index in [1.807, 2.05) is 12.1 Å². The maximum absolute atomic E-state index is 13.0. The summed E-state index contributed by atoms with van der Waals surface area (Å²) >= 11 is 7.24. The Bertz CT molecular complexity index is 1090. The molecule has 0 unspecified atom stereocenters. The van der Waals surface area contributed by atoms with E-state index in [1.54, 1.807) is 42.5 Å². The molecular formula is C19H15ClN4O2S.